The Balaban J connectivity index is 1.59. The van der Waals surface area contributed by atoms with E-state index in [0.29, 0.717) is 0 Å². The maximum atomic E-state index is 5.36. The molecule has 0 radical (unpaired) electrons. The van der Waals surface area contributed by atoms with E-state index in [1.165, 1.54) is 5.69 Å². The first-order valence-corrected chi connectivity index (χ1v) is 10.5. The fourth-order valence-electron chi connectivity index (χ4n) is 3.22. The highest BCUT2D eigenvalue weighted by Crippen LogP contribution is 2.15. The molecule has 0 spiro atoms. The number of nitrogens with one attached hydrogen (secondary N) is 2. The number of anilines is 1. The number of ether oxygens (including phenoxy) is 1. The van der Waals surface area contributed by atoms with Crippen LogP contribution in [0.1, 0.15) is 26.7 Å². The summed E-state index contributed by atoms with van der Waals surface area (Å²) in [5.41, 5.74) is 1.34. The highest BCUT2D eigenvalue weighted by molar-refractivity contribution is 5.79. The van der Waals surface area contributed by atoms with Crippen molar-refractivity contribution in [2.24, 2.45) is 4.99 Å². The molecule has 1 aliphatic heterocycles. The molecule has 0 amide bonds. The third kappa shape index (κ3) is 8.63. The summed E-state index contributed by atoms with van der Waals surface area (Å²) in [6.45, 7) is 14.0. The van der Waals surface area contributed by atoms with E-state index in [9.17, 15) is 0 Å². The maximum Gasteiger partial charge on any atom is 0.191 e. The molecule has 1 fully saturated rings. The van der Waals surface area contributed by atoms with Gasteiger partial charge in [-0.25, -0.2) is 0 Å². The maximum absolute atomic E-state index is 5.36. The van der Waals surface area contributed by atoms with E-state index in [0.717, 1.165) is 84.4 Å². The molecule has 0 unspecified atom stereocenters. The Labute approximate surface area is 165 Å². The van der Waals surface area contributed by atoms with E-state index in [2.05, 4.69) is 62.7 Å². The van der Waals surface area contributed by atoms with Gasteiger partial charge < -0.3 is 20.3 Å². The standard InChI is InChI=1S/C21H37N5O/c1-3-22-21(24-13-9-19-27-4-2)23-12-8-14-25-15-17-26(18-16-25)20-10-6-5-7-11-20/h5-7,10-11H,3-4,8-9,12-19H2,1-2H3,(H2,22,23,24). The minimum Gasteiger partial charge on any atom is -0.382 e. The second-order valence-corrected chi connectivity index (χ2v) is 6.76. The summed E-state index contributed by atoms with van der Waals surface area (Å²) >= 11 is 0. The van der Waals surface area contributed by atoms with Gasteiger partial charge in [0.1, 0.15) is 0 Å². The molecule has 1 aliphatic rings. The zero-order valence-electron chi connectivity index (χ0n) is 17.1. The lowest BCUT2D eigenvalue weighted by Gasteiger charge is -2.36. The van der Waals surface area contributed by atoms with Crippen molar-refractivity contribution >= 4 is 11.6 Å². The first-order valence-electron chi connectivity index (χ1n) is 10.5. The van der Waals surface area contributed by atoms with Crippen molar-refractivity contribution in [2.45, 2.75) is 26.7 Å². The molecule has 0 aromatic heterocycles. The molecule has 1 heterocycles. The number of nitrogens with zero attached hydrogens (tertiary/aromatic N) is 3. The van der Waals surface area contributed by atoms with Gasteiger partial charge in [0.15, 0.2) is 5.96 Å². The SMILES string of the molecule is CCNC(=NCCCOCC)NCCCN1CCN(c2ccccc2)CC1. The topological polar surface area (TPSA) is 52.1 Å². The lowest BCUT2D eigenvalue weighted by molar-refractivity contribution is 0.146. The van der Waals surface area contributed by atoms with Crippen LogP contribution in [0.15, 0.2) is 35.3 Å². The molecule has 0 atom stereocenters. The molecule has 1 aromatic rings. The van der Waals surface area contributed by atoms with Gasteiger partial charge in [-0.05, 0) is 45.4 Å². The summed E-state index contributed by atoms with van der Waals surface area (Å²) in [5.74, 6) is 0.919. The number of para-hydroxylation sites is 1. The Hall–Kier alpha value is -1.79. The molecule has 6 heteroatoms. The first kappa shape index (κ1) is 21.5. The zero-order chi connectivity index (χ0) is 19.2. The Morgan fingerprint density at radius 1 is 1.04 bits per heavy atom. The summed E-state index contributed by atoms with van der Waals surface area (Å²) in [4.78, 5) is 9.65. The molecule has 6 nitrogen and oxygen atoms in total. The van der Waals surface area contributed by atoms with Gasteiger partial charge in [-0.1, -0.05) is 18.2 Å². The highest BCUT2D eigenvalue weighted by Gasteiger charge is 2.16. The van der Waals surface area contributed by atoms with Crippen LogP contribution < -0.4 is 15.5 Å². The molecule has 2 N–H and O–H groups in total. The van der Waals surface area contributed by atoms with E-state index >= 15 is 0 Å². The second-order valence-electron chi connectivity index (χ2n) is 6.76. The number of aliphatic imine (C=N–C) groups is 1. The van der Waals surface area contributed by atoms with Crippen LogP contribution >= 0.6 is 0 Å². The normalized spacial score (nSPS) is 15.8. The minimum absolute atomic E-state index is 0.779. The fourth-order valence-corrected chi connectivity index (χ4v) is 3.22. The Morgan fingerprint density at radius 2 is 1.81 bits per heavy atom. The Kier molecular flexibility index (Phi) is 10.7. The number of rotatable bonds is 11. The summed E-state index contributed by atoms with van der Waals surface area (Å²) in [6, 6.07) is 10.7. The molecular formula is C21H37N5O. The summed E-state index contributed by atoms with van der Waals surface area (Å²) in [6.07, 6.45) is 2.10. The van der Waals surface area contributed by atoms with Gasteiger partial charge in [-0.3, -0.25) is 9.89 Å². The first-order chi connectivity index (χ1) is 13.3. The molecule has 0 aliphatic carbocycles. The van der Waals surface area contributed by atoms with Crippen LogP contribution in [0, 0.1) is 0 Å². The van der Waals surface area contributed by atoms with E-state index in [1.807, 2.05) is 6.92 Å². The third-order valence-corrected chi connectivity index (χ3v) is 4.70. The van der Waals surface area contributed by atoms with Crippen molar-refractivity contribution in [2.75, 3.05) is 70.5 Å². The van der Waals surface area contributed by atoms with Gasteiger partial charge in [0.25, 0.3) is 0 Å². The zero-order valence-corrected chi connectivity index (χ0v) is 17.1. The highest BCUT2D eigenvalue weighted by atomic mass is 16.5. The number of benzene rings is 1. The number of guanidine groups is 1. The predicted octanol–water partition coefficient (Wildman–Crippen LogP) is 2.18. The second kappa shape index (κ2) is 13.4. The number of piperazine rings is 1. The number of hydrogen-bond acceptors (Lipinski definition) is 4. The van der Waals surface area contributed by atoms with Gasteiger partial charge in [0.2, 0.25) is 0 Å². The van der Waals surface area contributed by atoms with Crippen LogP contribution in [0.4, 0.5) is 5.69 Å². The molecular weight excluding hydrogens is 338 g/mol. The summed E-state index contributed by atoms with van der Waals surface area (Å²) in [7, 11) is 0. The van der Waals surface area contributed by atoms with Crippen molar-refractivity contribution in [3.8, 4) is 0 Å². The van der Waals surface area contributed by atoms with Gasteiger partial charge >= 0.3 is 0 Å². The number of hydrogen-bond donors (Lipinski definition) is 2. The Morgan fingerprint density at radius 3 is 2.52 bits per heavy atom. The fraction of sp³-hybridized carbons (Fsp3) is 0.667. The van der Waals surface area contributed by atoms with Crippen LogP contribution in [-0.2, 0) is 4.74 Å². The molecule has 0 saturated carbocycles. The minimum atomic E-state index is 0.779. The van der Waals surface area contributed by atoms with Gasteiger partial charge in [0.05, 0.1) is 0 Å². The van der Waals surface area contributed by atoms with Gasteiger partial charge in [0, 0.05) is 64.7 Å². The predicted molar refractivity (Wildman–Crippen MR) is 115 cm³/mol. The van der Waals surface area contributed by atoms with Crippen molar-refractivity contribution in [3.63, 3.8) is 0 Å². The molecule has 27 heavy (non-hydrogen) atoms. The smallest absolute Gasteiger partial charge is 0.191 e. The molecule has 152 valence electrons. The molecule has 1 aromatic carbocycles. The van der Waals surface area contributed by atoms with E-state index < -0.39 is 0 Å². The lowest BCUT2D eigenvalue weighted by Crippen LogP contribution is -2.47. The largest absolute Gasteiger partial charge is 0.382 e. The van der Waals surface area contributed by atoms with Crippen LogP contribution in [0.2, 0.25) is 0 Å². The van der Waals surface area contributed by atoms with Crippen molar-refractivity contribution in [1.82, 2.24) is 15.5 Å². The van der Waals surface area contributed by atoms with Crippen LogP contribution in [-0.4, -0.2) is 76.4 Å². The van der Waals surface area contributed by atoms with Crippen molar-refractivity contribution < 1.29 is 4.74 Å². The quantitative estimate of drug-likeness (QED) is 0.353. The van der Waals surface area contributed by atoms with E-state index in [-0.39, 0.29) is 0 Å². The molecule has 0 bridgehead atoms. The van der Waals surface area contributed by atoms with Gasteiger partial charge in [-0.2, -0.15) is 0 Å². The van der Waals surface area contributed by atoms with Gasteiger partial charge in [-0.15, -0.1) is 0 Å². The van der Waals surface area contributed by atoms with Crippen LogP contribution in [0.5, 0.6) is 0 Å². The Bertz CT molecular complexity index is 515. The van der Waals surface area contributed by atoms with Crippen molar-refractivity contribution in [1.29, 1.82) is 0 Å². The van der Waals surface area contributed by atoms with Crippen molar-refractivity contribution in [3.05, 3.63) is 30.3 Å². The summed E-state index contributed by atoms with van der Waals surface area (Å²) < 4.78 is 5.36. The van der Waals surface area contributed by atoms with Crippen LogP contribution in [0.3, 0.4) is 0 Å². The monoisotopic (exact) mass is 375 g/mol. The average molecular weight is 376 g/mol. The molecule has 2 rings (SSSR count). The van der Waals surface area contributed by atoms with E-state index in [1.54, 1.807) is 0 Å². The van der Waals surface area contributed by atoms with Crippen LogP contribution in [0.25, 0.3) is 0 Å². The molecule has 1 saturated heterocycles. The van der Waals surface area contributed by atoms with E-state index in [4.69, 9.17) is 4.74 Å². The lowest BCUT2D eigenvalue weighted by atomic mass is 10.2. The average Bonchev–Trinajstić information content (AvgIpc) is 2.72. The summed E-state index contributed by atoms with van der Waals surface area (Å²) in [5, 5.41) is 6.76. The third-order valence-electron chi connectivity index (χ3n) is 4.70.